The summed E-state index contributed by atoms with van der Waals surface area (Å²) in [6, 6.07) is 5.47. The number of benzene rings is 1. The SMILES string of the molecule is CC(C)N1CCOC(C(N)Cc2ccc(F)c(Br)c2)C1. The van der Waals surface area contributed by atoms with Crippen LogP contribution in [0.25, 0.3) is 0 Å². The van der Waals surface area contributed by atoms with Crippen molar-refractivity contribution in [3.8, 4) is 0 Å². The van der Waals surface area contributed by atoms with Gasteiger partial charge in [-0.15, -0.1) is 0 Å². The third-order valence-corrected chi connectivity index (χ3v) is 4.40. The molecule has 0 amide bonds. The molecule has 0 saturated carbocycles. The van der Waals surface area contributed by atoms with Gasteiger partial charge in [0.25, 0.3) is 0 Å². The molecule has 0 aromatic heterocycles. The molecular formula is C15H22BrFN2O. The lowest BCUT2D eigenvalue weighted by Crippen LogP contribution is -2.53. The maximum atomic E-state index is 13.2. The van der Waals surface area contributed by atoms with E-state index in [4.69, 9.17) is 10.5 Å². The molecule has 20 heavy (non-hydrogen) atoms. The fourth-order valence-corrected chi connectivity index (χ4v) is 2.92. The van der Waals surface area contributed by atoms with E-state index in [1.54, 1.807) is 12.1 Å². The maximum Gasteiger partial charge on any atom is 0.137 e. The number of nitrogens with two attached hydrogens (primary N) is 1. The fourth-order valence-electron chi connectivity index (χ4n) is 2.49. The monoisotopic (exact) mass is 344 g/mol. The number of hydrogen-bond donors (Lipinski definition) is 1. The van der Waals surface area contributed by atoms with E-state index in [0.717, 1.165) is 25.3 Å². The summed E-state index contributed by atoms with van der Waals surface area (Å²) < 4.78 is 19.5. The molecule has 1 aliphatic heterocycles. The van der Waals surface area contributed by atoms with E-state index < -0.39 is 0 Å². The van der Waals surface area contributed by atoms with Crippen LogP contribution in [-0.4, -0.2) is 42.8 Å². The Morgan fingerprint density at radius 3 is 2.90 bits per heavy atom. The molecule has 1 aromatic rings. The average Bonchev–Trinajstić information content (AvgIpc) is 2.43. The van der Waals surface area contributed by atoms with Crippen molar-refractivity contribution in [1.82, 2.24) is 4.90 Å². The standard InChI is InChI=1S/C15H22BrFN2O/c1-10(2)19-5-6-20-15(9-19)14(18)8-11-3-4-13(17)12(16)7-11/h3-4,7,10,14-15H,5-6,8-9,18H2,1-2H3. The van der Waals surface area contributed by atoms with Gasteiger partial charge in [0.05, 0.1) is 17.2 Å². The van der Waals surface area contributed by atoms with Gasteiger partial charge in [-0.05, 0) is 53.9 Å². The Labute approximate surface area is 128 Å². The van der Waals surface area contributed by atoms with Gasteiger partial charge < -0.3 is 10.5 Å². The molecule has 5 heteroatoms. The summed E-state index contributed by atoms with van der Waals surface area (Å²) >= 11 is 3.21. The molecule has 1 aliphatic rings. The Kier molecular flexibility index (Phi) is 5.55. The molecule has 2 rings (SSSR count). The average molecular weight is 345 g/mol. The summed E-state index contributed by atoms with van der Waals surface area (Å²) in [5.74, 6) is -0.248. The first-order chi connectivity index (χ1) is 9.47. The molecule has 1 fully saturated rings. The Balaban J connectivity index is 1.96. The van der Waals surface area contributed by atoms with Crippen LogP contribution in [0.3, 0.4) is 0 Å². The predicted molar refractivity (Wildman–Crippen MR) is 82.2 cm³/mol. The molecule has 2 atom stereocenters. The van der Waals surface area contributed by atoms with Gasteiger partial charge in [0.1, 0.15) is 5.82 Å². The summed E-state index contributed by atoms with van der Waals surface area (Å²) in [5.41, 5.74) is 7.29. The fraction of sp³-hybridized carbons (Fsp3) is 0.600. The van der Waals surface area contributed by atoms with E-state index in [-0.39, 0.29) is 18.0 Å². The number of nitrogens with zero attached hydrogens (tertiary/aromatic N) is 1. The minimum absolute atomic E-state index is 0.0370. The minimum atomic E-state index is -0.248. The van der Waals surface area contributed by atoms with Crippen LogP contribution < -0.4 is 5.73 Å². The highest BCUT2D eigenvalue weighted by Crippen LogP contribution is 2.19. The second-order valence-electron chi connectivity index (χ2n) is 5.61. The molecule has 112 valence electrons. The van der Waals surface area contributed by atoms with Crippen molar-refractivity contribution in [3.05, 3.63) is 34.1 Å². The number of hydrogen-bond acceptors (Lipinski definition) is 3. The summed E-state index contributed by atoms with van der Waals surface area (Å²) in [6.07, 6.45) is 0.727. The summed E-state index contributed by atoms with van der Waals surface area (Å²) in [6.45, 7) is 6.92. The van der Waals surface area contributed by atoms with Crippen LogP contribution in [0.5, 0.6) is 0 Å². The Morgan fingerprint density at radius 1 is 1.50 bits per heavy atom. The van der Waals surface area contributed by atoms with Gasteiger partial charge in [-0.3, -0.25) is 4.90 Å². The highest BCUT2D eigenvalue weighted by molar-refractivity contribution is 9.10. The highest BCUT2D eigenvalue weighted by Gasteiger charge is 2.27. The molecule has 0 aliphatic carbocycles. The van der Waals surface area contributed by atoms with Crippen molar-refractivity contribution in [2.45, 2.75) is 38.5 Å². The first-order valence-electron chi connectivity index (χ1n) is 7.02. The molecule has 1 heterocycles. The molecule has 0 spiro atoms. The minimum Gasteiger partial charge on any atom is -0.374 e. The molecule has 1 aromatic carbocycles. The van der Waals surface area contributed by atoms with Gasteiger partial charge in [-0.2, -0.15) is 0 Å². The maximum absolute atomic E-state index is 13.2. The zero-order chi connectivity index (χ0) is 14.7. The molecule has 0 radical (unpaired) electrons. The highest BCUT2D eigenvalue weighted by atomic mass is 79.9. The van der Waals surface area contributed by atoms with E-state index in [1.165, 1.54) is 6.07 Å². The second kappa shape index (κ2) is 6.98. The predicted octanol–water partition coefficient (Wildman–Crippen LogP) is 2.57. The zero-order valence-corrected chi connectivity index (χ0v) is 13.6. The van der Waals surface area contributed by atoms with E-state index in [1.807, 2.05) is 0 Å². The number of halogens is 2. The van der Waals surface area contributed by atoms with Gasteiger partial charge in [0, 0.05) is 25.2 Å². The zero-order valence-electron chi connectivity index (χ0n) is 12.0. The van der Waals surface area contributed by atoms with Crippen LogP contribution in [-0.2, 0) is 11.2 Å². The van der Waals surface area contributed by atoms with Crippen LogP contribution in [0.15, 0.2) is 22.7 Å². The Hall–Kier alpha value is -0.490. The van der Waals surface area contributed by atoms with Crippen LogP contribution in [0.2, 0.25) is 0 Å². The first kappa shape index (κ1) is 15.9. The lowest BCUT2D eigenvalue weighted by Gasteiger charge is -2.38. The largest absolute Gasteiger partial charge is 0.374 e. The van der Waals surface area contributed by atoms with Crippen molar-refractivity contribution in [1.29, 1.82) is 0 Å². The van der Waals surface area contributed by atoms with Crippen LogP contribution >= 0.6 is 15.9 Å². The third-order valence-electron chi connectivity index (χ3n) is 3.79. The Morgan fingerprint density at radius 2 is 2.25 bits per heavy atom. The lowest BCUT2D eigenvalue weighted by molar-refractivity contribution is -0.0495. The van der Waals surface area contributed by atoms with Gasteiger partial charge in [-0.25, -0.2) is 4.39 Å². The van der Waals surface area contributed by atoms with Gasteiger partial charge in [0.15, 0.2) is 0 Å². The normalized spacial score (nSPS) is 22.2. The smallest absolute Gasteiger partial charge is 0.137 e. The van der Waals surface area contributed by atoms with Crippen LogP contribution in [0, 0.1) is 5.82 Å². The molecule has 0 bridgehead atoms. The molecular weight excluding hydrogens is 323 g/mol. The third kappa shape index (κ3) is 4.01. The first-order valence-corrected chi connectivity index (χ1v) is 7.82. The number of morpholine rings is 1. The van der Waals surface area contributed by atoms with Crippen molar-refractivity contribution in [2.75, 3.05) is 19.7 Å². The van der Waals surface area contributed by atoms with Crippen molar-refractivity contribution < 1.29 is 9.13 Å². The van der Waals surface area contributed by atoms with Gasteiger partial charge in [-0.1, -0.05) is 6.07 Å². The van der Waals surface area contributed by atoms with Gasteiger partial charge in [0.2, 0.25) is 0 Å². The second-order valence-corrected chi connectivity index (χ2v) is 6.47. The van der Waals surface area contributed by atoms with E-state index in [2.05, 4.69) is 34.7 Å². The van der Waals surface area contributed by atoms with Crippen molar-refractivity contribution in [3.63, 3.8) is 0 Å². The topological polar surface area (TPSA) is 38.5 Å². The quantitative estimate of drug-likeness (QED) is 0.912. The van der Waals surface area contributed by atoms with Crippen molar-refractivity contribution >= 4 is 15.9 Å². The van der Waals surface area contributed by atoms with E-state index >= 15 is 0 Å². The summed E-state index contributed by atoms with van der Waals surface area (Å²) in [5, 5.41) is 0. The Bertz CT molecular complexity index is 455. The molecule has 3 nitrogen and oxygen atoms in total. The van der Waals surface area contributed by atoms with E-state index in [0.29, 0.717) is 16.9 Å². The van der Waals surface area contributed by atoms with E-state index in [9.17, 15) is 4.39 Å². The molecule has 1 saturated heterocycles. The number of ether oxygens (including phenoxy) is 1. The number of rotatable bonds is 4. The van der Waals surface area contributed by atoms with Crippen molar-refractivity contribution in [2.24, 2.45) is 5.73 Å². The van der Waals surface area contributed by atoms with Gasteiger partial charge >= 0.3 is 0 Å². The molecule has 2 unspecified atom stereocenters. The summed E-state index contributed by atoms with van der Waals surface area (Å²) in [7, 11) is 0. The summed E-state index contributed by atoms with van der Waals surface area (Å²) in [4.78, 5) is 2.38. The van der Waals surface area contributed by atoms with Crippen LogP contribution in [0.4, 0.5) is 4.39 Å². The lowest BCUT2D eigenvalue weighted by atomic mass is 10.0. The van der Waals surface area contributed by atoms with Crippen LogP contribution in [0.1, 0.15) is 19.4 Å². The molecule has 2 N–H and O–H groups in total.